The minimum Gasteiger partial charge on any atom is -0.861 e. The summed E-state index contributed by atoms with van der Waals surface area (Å²) in [7, 11) is 0. The number of rotatable bonds is 6. The monoisotopic (exact) mass is 464 g/mol. The molecular weight excluding hydrogens is 444 g/mol. The van der Waals surface area contributed by atoms with Crippen LogP contribution in [0.2, 0.25) is 0 Å². The number of para-hydroxylation sites is 2. The van der Waals surface area contributed by atoms with Gasteiger partial charge in [-0.1, -0.05) is 42.1 Å². The van der Waals surface area contributed by atoms with Crippen molar-refractivity contribution < 1.29 is 19.2 Å². The molecule has 0 amide bonds. The van der Waals surface area contributed by atoms with E-state index in [1.54, 1.807) is 24.4 Å². The summed E-state index contributed by atoms with van der Waals surface area (Å²) in [6.45, 7) is 2.55. The van der Waals surface area contributed by atoms with Crippen LogP contribution in [0.3, 0.4) is 0 Å². The van der Waals surface area contributed by atoms with Crippen LogP contribution in [0.15, 0.2) is 80.3 Å². The van der Waals surface area contributed by atoms with Crippen LogP contribution in [-0.4, -0.2) is 52.8 Å². The van der Waals surface area contributed by atoms with Crippen LogP contribution in [0.1, 0.15) is 0 Å². The van der Waals surface area contributed by atoms with Gasteiger partial charge in [0.1, 0.15) is 0 Å². The van der Waals surface area contributed by atoms with Crippen molar-refractivity contribution in [2.45, 2.75) is 5.16 Å². The van der Waals surface area contributed by atoms with Gasteiger partial charge in [-0.25, -0.2) is 9.98 Å². The third-order valence-corrected chi connectivity index (χ3v) is 5.96. The fourth-order valence-corrected chi connectivity index (χ4v) is 4.26. The molecular formula is C22H20N6O4S. The summed E-state index contributed by atoms with van der Waals surface area (Å²) in [5.74, 6) is -0.332. The van der Waals surface area contributed by atoms with E-state index in [2.05, 4.69) is 15.2 Å². The van der Waals surface area contributed by atoms with Gasteiger partial charge in [0, 0.05) is 5.75 Å². The lowest BCUT2D eigenvalue weighted by atomic mass is 10.2. The molecule has 11 heteroatoms. The Morgan fingerprint density at radius 3 is 2.70 bits per heavy atom. The molecule has 33 heavy (non-hydrogen) atoms. The minimum atomic E-state index is -0.424. The maximum absolute atomic E-state index is 13.2. The highest BCUT2D eigenvalue weighted by Gasteiger charge is 2.22. The Morgan fingerprint density at radius 2 is 1.88 bits per heavy atom. The smallest absolute Gasteiger partial charge is 0.324 e. The highest BCUT2D eigenvalue weighted by molar-refractivity contribution is 7.99. The van der Waals surface area contributed by atoms with Crippen molar-refractivity contribution in [1.29, 1.82) is 0 Å². The molecule has 168 valence electrons. The van der Waals surface area contributed by atoms with Crippen molar-refractivity contribution in [3.8, 4) is 5.69 Å². The molecule has 0 bridgehead atoms. The predicted octanol–water partition coefficient (Wildman–Crippen LogP) is 0.812. The molecule has 0 spiro atoms. The summed E-state index contributed by atoms with van der Waals surface area (Å²) in [5, 5.41) is 19.3. The second-order valence-corrected chi connectivity index (χ2v) is 8.15. The molecule has 1 saturated heterocycles. The van der Waals surface area contributed by atoms with Gasteiger partial charge in [-0.05, 0) is 30.2 Å². The predicted molar refractivity (Wildman–Crippen MR) is 121 cm³/mol. The quantitative estimate of drug-likeness (QED) is 0.135. The number of ether oxygens (including phenoxy) is 1. The normalized spacial score (nSPS) is 14.7. The van der Waals surface area contributed by atoms with Gasteiger partial charge in [0.25, 0.3) is 11.8 Å². The molecule has 0 aliphatic carbocycles. The molecule has 0 saturated carbocycles. The molecule has 4 aromatic rings. The Kier molecular flexibility index (Phi) is 6.05. The molecule has 0 radical (unpaired) electrons. The van der Waals surface area contributed by atoms with E-state index in [9.17, 15) is 9.90 Å². The molecule has 1 aliphatic rings. The maximum atomic E-state index is 13.2. The Labute approximate surface area is 192 Å². The van der Waals surface area contributed by atoms with Gasteiger partial charge in [-0.15, -0.1) is 5.01 Å². The summed E-state index contributed by atoms with van der Waals surface area (Å²) in [5.41, 5.74) is 1.05. The summed E-state index contributed by atoms with van der Waals surface area (Å²) in [4.78, 5) is 23.4. The lowest BCUT2D eigenvalue weighted by Crippen LogP contribution is -2.62. The van der Waals surface area contributed by atoms with E-state index in [4.69, 9.17) is 9.26 Å². The molecule has 3 heterocycles. The lowest BCUT2D eigenvalue weighted by molar-refractivity contribution is -0.759. The van der Waals surface area contributed by atoms with Gasteiger partial charge in [0.2, 0.25) is 5.27 Å². The van der Waals surface area contributed by atoms with Crippen molar-refractivity contribution in [2.75, 3.05) is 37.1 Å². The Bertz CT molecular complexity index is 1350. The topological polar surface area (TPSA) is 113 Å². The van der Waals surface area contributed by atoms with Gasteiger partial charge < -0.3 is 9.84 Å². The van der Waals surface area contributed by atoms with Crippen molar-refractivity contribution in [3.05, 3.63) is 71.1 Å². The maximum Gasteiger partial charge on any atom is 0.324 e. The molecule has 10 nitrogen and oxygen atoms in total. The summed E-state index contributed by atoms with van der Waals surface area (Å²) in [6.07, 6.45) is 1.56. The molecule has 5 rings (SSSR count). The number of nitrogens with zero attached hydrogens (tertiary/aromatic N) is 6. The molecule has 2 aromatic carbocycles. The molecule has 2 aromatic heterocycles. The van der Waals surface area contributed by atoms with E-state index < -0.39 is 5.90 Å². The molecule has 0 N–H and O–H groups in total. The standard InChI is InChI=1S/C22H20N6O4S/c29-19(24-20-14-27(25-32-20)26-10-12-31-13-11-26)15-33-22-23-18-9-5-4-8-17(18)21(30)28(22)16-6-2-1-3-7-16/h1-9,14H,10-13,15H2. The summed E-state index contributed by atoms with van der Waals surface area (Å²) in [6, 6.07) is 16.4. The molecule has 1 aliphatic heterocycles. The molecule has 0 atom stereocenters. The molecule has 0 unspecified atom stereocenters. The number of aliphatic imine (C=N–C) groups is 1. The number of aromatic nitrogens is 4. The second kappa shape index (κ2) is 9.43. The average molecular weight is 465 g/mol. The minimum absolute atomic E-state index is 0.0180. The van der Waals surface area contributed by atoms with Crippen molar-refractivity contribution in [1.82, 2.24) is 14.8 Å². The number of hydrogen-bond donors (Lipinski definition) is 0. The number of thioether (sulfide) groups is 1. The van der Waals surface area contributed by atoms with Gasteiger partial charge in [0.05, 0.1) is 47.7 Å². The number of benzene rings is 2. The highest BCUT2D eigenvalue weighted by atomic mass is 32.2. The van der Waals surface area contributed by atoms with E-state index in [-0.39, 0.29) is 17.2 Å². The highest BCUT2D eigenvalue weighted by Crippen LogP contribution is 2.21. The van der Waals surface area contributed by atoms with E-state index >= 15 is 0 Å². The molecule has 1 fully saturated rings. The van der Waals surface area contributed by atoms with Crippen LogP contribution in [0, 0.1) is 0 Å². The summed E-state index contributed by atoms with van der Waals surface area (Å²) < 4.78 is 12.0. The van der Waals surface area contributed by atoms with Crippen molar-refractivity contribution in [3.63, 3.8) is 0 Å². The Balaban J connectivity index is 1.40. The zero-order valence-electron chi connectivity index (χ0n) is 17.5. The first-order valence-corrected chi connectivity index (χ1v) is 11.3. The van der Waals surface area contributed by atoms with Crippen LogP contribution in [0.25, 0.3) is 16.6 Å². The van der Waals surface area contributed by atoms with Gasteiger partial charge in [-0.2, -0.15) is 0 Å². The first-order valence-electron chi connectivity index (χ1n) is 10.4. The Morgan fingerprint density at radius 1 is 1.12 bits per heavy atom. The van der Waals surface area contributed by atoms with E-state index in [1.807, 2.05) is 41.4 Å². The number of morpholine rings is 1. The van der Waals surface area contributed by atoms with Crippen LogP contribution in [0.5, 0.6) is 0 Å². The zero-order chi connectivity index (χ0) is 22.6. The third-order valence-electron chi connectivity index (χ3n) is 5.04. The number of hydrogen-bond acceptors (Lipinski definition) is 9. The van der Waals surface area contributed by atoms with Gasteiger partial charge >= 0.3 is 5.88 Å². The fraction of sp³-hybridized carbons (Fsp3) is 0.227. The van der Waals surface area contributed by atoms with Crippen molar-refractivity contribution in [2.24, 2.45) is 4.99 Å². The second-order valence-electron chi connectivity index (χ2n) is 7.21. The summed E-state index contributed by atoms with van der Waals surface area (Å²) >= 11 is 1.15. The first kappa shape index (κ1) is 21.2. The lowest BCUT2D eigenvalue weighted by Gasteiger charge is -2.18. The average Bonchev–Trinajstić information content (AvgIpc) is 3.32. The third kappa shape index (κ3) is 4.59. The van der Waals surface area contributed by atoms with Gasteiger partial charge in [-0.3, -0.25) is 13.9 Å². The number of fused-ring (bicyclic) bond motifs is 1. The van der Waals surface area contributed by atoms with E-state index in [0.29, 0.717) is 48.1 Å². The van der Waals surface area contributed by atoms with Crippen LogP contribution in [0.4, 0.5) is 5.88 Å². The fourth-order valence-electron chi connectivity index (χ4n) is 3.47. The van der Waals surface area contributed by atoms with E-state index in [1.165, 1.54) is 9.36 Å². The van der Waals surface area contributed by atoms with Crippen molar-refractivity contribution >= 4 is 34.4 Å². The van der Waals surface area contributed by atoms with Crippen LogP contribution < -0.4 is 20.5 Å². The zero-order valence-corrected chi connectivity index (χ0v) is 18.4. The van der Waals surface area contributed by atoms with E-state index in [0.717, 1.165) is 11.8 Å². The van der Waals surface area contributed by atoms with Crippen LogP contribution in [-0.2, 0) is 4.74 Å². The van der Waals surface area contributed by atoms with Crippen LogP contribution >= 0.6 is 11.8 Å². The first-order chi connectivity index (χ1) is 16.2. The Hall–Kier alpha value is -3.70. The SMILES string of the molecule is O=c1c2ccccc2nc(SC/C([O-])=N\c2c[n+](N3CCOCC3)no2)n1-c1ccccc1. The largest absolute Gasteiger partial charge is 0.861 e. The van der Waals surface area contributed by atoms with Gasteiger partial charge in [0.15, 0.2) is 5.16 Å².